The molecule has 0 N–H and O–H groups in total. The second-order valence-electron chi connectivity index (χ2n) is 3.95. The summed E-state index contributed by atoms with van der Waals surface area (Å²) < 4.78 is 5.37. The molecule has 1 unspecified atom stereocenters. The molecule has 0 amide bonds. The Morgan fingerprint density at radius 2 is 2.00 bits per heavy atom. The van der Waals surface area contributed by atoms with Gasteiger partial charge in [-0.1, -0.05) is 6.07 Å². The van der Waals surface area contributed by atoms with Crippen molar-refractivity contribution in [3.63, 3.8) is 0 Å². The normalized spacial score (nSPS) is 11.7. The molecule has 0 saturated heterocycles. The summed E-state index contributed by atoms with van der Waals surface area (Å²) in [6, 6.07) is 8.29. The van der Waals surface area contributed by atoms with E-state index in [1.807, 2.05) is 19.1 Å². The SMILES string of the molecule is CCN(CC)c1ccc(C(C)C#N)c(OC)c1. The van der Waals surface area contributed by atoms with E-state index in [1.165, 1.54) is 0 Å². The fraction of sp³-hybridized carbons (Fsp3) is 0.500. The van der Waals surface area contributed by atoms with Crippen molar-refractivity contribution in [1.82, 2.24) is 0 Å². The van der Waals surface area contributed by atoms with Crippen LogP contribution >= 0.6 is 0 Å². The average molecular weight is 232 g/mol. The average Bonchev–Trinajstić information content (AvgIpc) is 2.39. The van der Waals surface area contributed by atoms with E-state index in [4.69, 9.17) is 10.00 Å². The van der Waals surface area contributed by atoms with Crippen molar-refractivity contribution in [2.75, 3.05) is 25.1 Å². The first-order valence-electron chi connectivity index (χ1n) is 6.00. The fourth-order valence-electron chi connectivity index (χ4n) is 1.91. The van der Waals surface area contributed by atoms with Gasteiger partial charge in [-0.3, -0.25) is 0 Å². The summed E-state index contributed by atoms with van der Waals surface area (Å²) in [5.74, 6) is 0.652. The van der Waals surface area contributed by atoms with Gasteiger partial charge in [0.05, 0.1) is 19.1 Å². The van der Waals surface area contributed by atoms with Crippen LogP contribution < -0.4 is 9.64 Å². The zero-order chi connectivity index (χ0) is 12.8. The van der Waals surface area contributed by atoms with Gasteiger partial charge < -0.3 is 9.64 Å². The smallest absolute Gasteiger partial charge is 0.125 e. The molecule has 3 nitrogen and oxygen atoms in total. The third kappa shape index (κ3) is 2.91. The summed E-state index contributed by atoms with van der Waals surface area (Å²) in [5, 5.41) is 8.96. The van der Waals surface area contributed by atoms with Gasteiger partial charge >= 0.3 is 0 Å². The van der Waals surface area contributed by atoms with E-state index in [0.717, 1.165) is 30.1 Å². The molecule has 0 heterocycles. The summed E-state index contributed by atoms with van der Waals surface area (Å²) in [6.07, 6.45) is 0. The lowest BCUT2D eigenvalue weighted by molar-refractivity contribution is 0.409. The molecule has 3 heteroatoms. The molecule has 17 heavy (non-hydrogen) atoms. The summed E-state index contributed by atoms with van der Waals surface area (Å²) in [7, 11) is 1.65. The Morgan fingerprint density at radius 1 is 1.35 bits per heavy atom. The summed E-state index contributed by atoms with van der Waals surface area (Å²) in [6.45, 7) is 8.07. The quantitative estimate of drug-likeness (QED) is 0.782. The van der Waals surface area contributed by atoms with Crippen molar-refractivity contribution < 1.29 is 4.74 Å². The predicted molar refractivity (Wildman–Crippen MR) is 70.6 cm³/mol. The second kappa shape index (κ2) is 6.15. The molecule has 1 aromatic carbocycles. The maximum atomic E-state index is 8.96. The van der Waals surface area contributed by atoms with Gasteiger partial charge in [0.25, 0.3) is 0 Å². The molecular formula is C14H20N2O. The van der Waals surface area contributed by atoms with Gasteiger partial charge in [0.1, 0.15) is 5.75 Å². The monoisotopic (exact) mass is 232 g/mol. The molecule has 0 saturated carbocycles. The van der Waals surface area contributed by atoms with E-state index in [2.05, 4.69) is 30.9 Å². The van der Waals surface area contributed by atoms with Gasteiger partial charge in [-0.15, -0.1) is 0 Å². The zero-order valence-corrected chi connectivity index (χ0v) is 11.0. The van der Waals surface area contributed by atoms with Gasteiger partial charge in [0, 0.05) is 30.4 Å². The van der Waals surface area contributed by atoms with Crippen molar-refractivity contribution in [1.29, 1.82) is 5.26 Å². The lowest BCUT2D eigenvalue weighted by Crippen LogP contribution is -2.21. The molecule has 1 aromatic rings. The highest BCUT2D eigenvalue weighted by molar-refractivity contribution is 5.55. The van der Waals surface area contributed by atoms with Gasteiger partial charge in [0.2, 0.25) is 0 Å². The number of nitriles is 1. The van der Waals surface area contributed by atoms with Crippen LogP contribution in [0.25, 0.3) is 0 Å². The predicted octanol–water partition coefficient (Wildman–Crippen LogP) is 3.17. The van der Waals surface area contributed by atoms with E-state index in [9.17, 15) is 0 Å². The van der Waals surface area contributed by atoms with Crippen LogP contribution in [0.1, 0.15) is 32.3 Å². The molecule has 92 valence electrons. The number of hydrogen-bond donors (Lipinski definition) is 0. The summed E-state index contributed by atoms with van der Waals surface area (Å²) in [4.78, 5) is 2.25. The third-order valence-electron chi connectivity index (χ3n) is 3.01. The molecule has 0 aliphatic rings. The first kappa shape index (κ1) is 13.4. The zero-order valence-electron chi connectivity index (χ0n) is 11.0. The van der Waals surface area contributed by atoms with Crippen molar-refractivity contribution in [2.45, 2.75) is 26.7 Å². The number of ether oxygens (including phenoxy) is 1. The first-order chi connectivity index (χ1) is 8.17. The minimum atomic E-state index is -0.143. The molecule has 0 radical (unpaired) electrons. The summed E-state index contributed by atoms with van der Waals surface area (Å²) >= 11 is 0. The van der Waals surface area contributed by atoms with Crippen LogP contribution in [0.5, 0.6) is 5.75 Å². The maximum Gasteiger partial charge on any atom is 0.125 e. The Morgan fingerprint density at radius 3 is 2.47 bits per heavy atom. The highest BCUT2D eigenvalue weighted by atomic mass is 16.5. The van der Waals surface area contributed by atoms with Crippen LogP contribution in [0.2, 0.25) is 0 Å². The summed E-state index contributed by atoms with van der Waals surface area (Å²) in [5.41, 5.74) is 2.09. The number of methoxy groups -OCH3 is 1. The van der Waals surface area contributed by atoms with E-state index in [0.29, 0.717) is 0 Å². The number of nitrogens with zero attached hydrogens (tertiary/aromatic N) is 2. The van der Waals surface area contributed by atoms with Crippen LogP contribution in [0.3, 0.4) is 0 Å². The second-order valence-corrected chi connectivity index (χ2v) is 3.95. The van der Waals surface area contributed by atoms with Crippen molar-refractivity contribution in [3.05, 3.63) is 23.8 Å². The maximum absolute atomic E-state index is 8.96. The Hall–Kier alpha value is -1.69. The Bertz CT molecular complexity index is 405. The molecule has 0 fully saturated rings. The standard InChI is InChI=1S/C14H20N2O/c1-5-16(6-2)12-7-8-13(11(3)10-15)14(9-12)17-4/h7-9,11H,5-6H2,1-4H3. The van der Waals surface area contributed by atoms with E-state index < -0.39 is 0 Å². The topological polar surface area (TPSA) is 36.3 Å². The van der Waals surface area contributed by atoms with Crippen molar-refractivity contribution in [2.24, 2.45) is 0 Å². The molecule has 0 aliphatic heterocycles. The van der Waals surface area contributed by atoms with E-state index in [1.54, 1.807) is 7.11 Å². The van der Waals surface area contributed by atoms with Crippen molar-refractivity contribution in [3.8, 4) is 11.8 Å². The van der Waals surface area contributed by atoms with E-state index >= 15 is 0 Å². The number of rotatable bonds is 5. The lowest BCUT2D eigenvalue weighted by Gasteiger charge is -2.22. The number of hydrogen-bond acceptors (Lipinski definition) is 3. The van der Waals surface area contributed by atoms with Crippen LogP contribution in [-0.2, 0) is 0 Å². The molecular weight excluding hydrogens is 212 g/mol. The van der Waals surface area contributed by atoms with Gasteiger partial charge in [0.15, 0.2) is 0 Å². The Kier molecular flexibility index (Phi) is 4.84. The van der Waals surface area contributed by atoms with Gasteiger partial charge in [-0.25, -0.2) is 0 Å². The van der Waals surface area contributed by atoms with E-state index in [-0.39, 0.29) is 5.92 Å². The molecule has 0 aliphatic carbocycles. The van der Waals surface area contributed by atoms with Gasteiger partial charge in [-0.2, -0.15) is 5.26 Å². The Labute approximate surface area is 104 Å². The van der Waals surface area contributed by atoms with Crippen LogP contribution in [0, 0.1) is 11.3 Å². The molecule has 1 atom stereocenters. The molecule has 1 rings (SSSR count). The first-order valence-corrected chi connectivity index (χ1v) is 6.00. The fourth-order valence-corrected chi connectivity index (χ4v) is 1.91. The number of benzene rings is 1. The lowest BCUT2D eigenvalue weighted by atomic mass is 10.0. The Balaban J connectivity index is 3.13. The minimum absolute atomic E-state index is 0.143. The van der Waals surface area contributed by atoms with Crippen LogP contribution in [0.15, 0.2) is 18.2 Å². The van der Waals surface area contributed by atoms with Gasteiger partial charge in [-0.05, 0) is 26.8 Å². The minimum Gasteiger partial charge on any atom is -0.496 e. The molecule has 0 bridgehead atoms. The third-order valence-corrected chi connectivity index (χ3v) is 3.01. The largest absolute Gasteiger partial charge is 0.496 e. The van der Waals surface area contributed by atoms with Crippen molar-refractivity contribution >= 4 is 5.69 Å². The highest BCUT2D eigenvalue weighted by Gasteiger charge is 2.12. The molecule has 0 aromatic heterocycles. The number of anilines is 1. The van der Waals surface area contributed by atoms with Crippen LogP contribution in [0.4, 0.5) is 5.69 Å². The van der Waals surface area contributed by atoms with Crippen LogP contribution in [-0.4, -0.2) is 20.2 Å². The molecule has 0 spiro atoms. The highest BCUT2D eigenvalue weighted by Crippen LogP contribution is 2.30.